The number of benzene rings is 1. The average molecular weight is 385 g/mol. The number of hydrogen-bond acceptors (Lipinski definition) is 3. The number of ether oxygens (including phenoxy) is 1. The van der Waals surface area contributed by atoms with Crippen molar-refractivity contribution in [2.24, 2.45) is 5.92 Å². The number of nitrogens with one attached hydrogen (secondary N) is 2. The fourth-order valence-corrected chi connectivity index (χ4v) is 2.36. The normalized spacial score (nSPS) is 13.0. The summed E-state index contributed by atoms with van der Waals surface area (Å²) in [5, 5.41) is 6.36. The lowest BCUT2D eigenvalue weighted by atomic mass is 10.0. The van der Waals surface area contributed by atoms with Gasteiger partial charge >= 0.3 is 6.09 Å². The van der Waals surface area contributed by atoms with Gasteiger partial charge in [0.1, 0.15) is 5.60 Å². The first kappa shape index (κ1) is 20.0. The number of carbonyl (C=O) groups excluding carboxylic acids is 1. The summed E-state index contributed by atoms with van der Waals surface area (Å²) in [7, 11) is 0. The standard InChI is InChI=1S/C18H29BrN2O2/c1-12(2)16(11-21-17(22)23-18(4,5)6)20-10-14-7-8-15(19)13(3)9-14/h7-9,12,16,20H,10-11H2,1-6H3,(H,21,22). The summed E-state index contributed by atoms with van der Waals surface area (Å²) in [5.74, 6) is 0.404. The van der Waals surface area contributed by atoms with E-state index in [0.29, 0.717) is 12.5 Å². The highest BCUT2D eigenvalue weighted by molar-refractivity contribution is 9.10. The second-order valence-corrected chi connectivity index (χ2v) is 8.05. The van der Waals surface area contributed by atoms with Gasteiger partial charge in [-0.3, -0.25) is 0 Å². The zero-order chi connectivity index (χ0) is 17.6. The molecule has 0 aliphatic carbocycles. The van der Waals surface area contributed by atoms with Crippen molar-refractivity contribution in [1.82, 2.24) is 10.6 Å². The molecule has 23 heavy (non-hydrogen) atoms. The molecule has 0 aromatic heterocycles. The predicted octanol–water partition coefficient (Wildman–Crippen LogP) is 4.40. The van der Waals surface area contributed by atoms with Crippen LogP contribution in [-0.2, 0) is 11.3 Å². The lowest BCUT2D eigenvalue weighted by Crippen LogP contribution is -2.45. The molecular formula is C18H29BrN2O2. The summed E-state index contributed by atoms with van der Waals surface area (Å²) in [6, 6.07) is 6.51. The van der Waals surface area contributed by atoms with E-state index in [4.69, 9.17) is 4.74 Å². The Kier molecular flexibility index (Phi) is 7.55. The molecule has 130 valence electrons. The van der Waals surface area contributed by atoms with E-state index in [0.717, 1.165) is 11.0 Å². The summed E-state index contributed by atoms with van der Waals surface area (Å²) < 4.78 is 6.40. The molecule has 1 aromatic rings. The van der Waals surface area contributed by atoms with Crippen molar-refractivity contribution in [3.05, 3.63) is 33.8 Å². The van der Waals surface area contributed by atoms with Gasteiger partial charge in [0.05, 0.1) is 0 Å². The molecule has 0 saturated carbocycles. The molecule has 0 aliphatic rings. The van der Waals surface area contributed by atoms with Crippen LogP contribution in [0.25, 0.3) is 0 Å². The number of hydrogen-bond donors (Lipinski definition) is 2. The largest absolute Gasteiger partial charge is 0.444 e. The fourth-order valence-electron chi connectivity index (χ4n) is 2.12. The molecule has 2 N–H and O–H groups in total. The van der Waals surface area contributed by atoms with Gasteiger partial charge in [0.15, 0.2) is 0 Å². The minimum absolute atomic E-state index is 0.187. The average Bonchev–Trinajstić information content (AvgIpc) is 2.40. The van der Waals surface area contributed by atoms with Crippen LogP contribution in [0.1, 0.15) is 45.7 Å². The first-order valence-corrected chi connectivity index (χ1v) is 8.83. The topological polar surface area (TPSA) is 50.4 Å². The van der Waals surface area contributed by atoms with Gasteiger partial charge < -0.3 is 15.4 Å². The Morgan fingerprint density at radius 3 is 2.48 bits per heavy atom. The third-order valence-electron chi connectivity index (χ3n) is 3.46. The number of carbonyl (C=O) groups is 1. The molecule has 0 radical (unpaired) electrons. The van der Waals surface area contributed by atoms with Crippen LogP contribution in [0.3, 0.4) is 0 Å². The van der Waals surface area contributed by atoms with Gasteiger partial charge in [0.25, 0.3) is 0 Å². The first-order valence-electron chi connectivity index (χ1n) is 8.04. The number of aryl methyl sites for hydroxylation is 1. The van der Waals surface area contributed by atoms with Crippen molar-refractivity contribution in [1.29, 1.82) is 0 Å². The third-order valence-corrected chi connectivity index (χ3v) is 4.35. The molecule has 1 aromatic carbocycles. The number of amides is 1. The number of rotatable bonds is 6. The van der Waals surface area contributed by atoms with E-state index < -0.39 is 5.60 Å². The maximum atomic E-state index is 11.8. The number of alkyl carbamates (subject to hydrolysis) is 1. The van der Waals surface area contributed by atoms with Crippen molar-refractivity contribution in [3.8, 4) is 0 Å². The Morgan fingerprint density at radius 1 is 1.30 bits per heavy atom. The zero-order valence-corrected chi connectivity index (χ0v) is 16.6. The van der Waals surface area contributed by atoms with Crippen LogP contribution < -0.4 is 10.6 Å². The lowest BCUT2D eigenvalue weighted by molar-refractivity contribution is 0.0519. The Morgan fingerprint density at radius 2 is 1.96 bits per heavy atom. The van der Waals surface area contributed by atoms with Crippen molar-refractivity contribution in [3.63, 3.8) is 0 Å². The summed E-state index contributed by atoms with van der Waals surface area (Å²) >= 11 is 3.52. The van der Waals surface area contributed by atoms with Crippen LogP contribution in [-0.4, -0.2) is 24.3 Å². The van der Waals surface area contributed by atoms with Crippen molar-refractivity contribution in [2.75, 3.05) is 6.54 Å². The van der Waals surface area contributed by atoms with Crippen LogP contribution in [0.5, 0.6) is 0 Å². The minimum atomic E-state index is -0.472. The van der Waals surface area contributed by atoms with Crippen LogP contribution >= 0.6 is 15.9 Å². The Bertz CT molecular complexity index is 524. The molecule has 4 nitrogen and oxygen atoms in total. The predicted molar refractivity (Wildman–Crippen MR) is 98.6 cm³/mol. The van der Waals surface area contributed by atoms with E-state index in [1.54, 1.807) is 0 Å². The second-order valence-electron chi connectivity index (χ2n) is 7.20. The summed E-state index contributed by atoms with van der Waals surface area (Å²) in [6.07, 6.45) is -0.371. The molecule has 0 fully saturated rings. The van der Waals surface area contributed by atoms with E-state index in [1.165, 1.54) is 11.1 Å². The smallest absolute Gasteiger partial charge is 0.407 e. The molecule has 0 saturated heterocycles. The monoisotopic (exact) mass is 384 g/mol. The van der Waals surface area contributed by atoms with Crippen molar-refractivity contribution < 1.29 is 9.53 Å². The summed E-state index contributed by atoms with van der Waals surface area (Å²) in [4.78, 5) is 11.8. The molecule has 0 heterocycles. The highest BCUT2D eigenvalue weighted by Crippen LogP contribution is 2.17. The second kappa shape index (κ2) is 8.69. The van der Waals surface area contributed by atoms with Crippen LogP contribution in [0.4, 0.5) is 4.79 Å². The van der Waals surface area contributed by atoms with Crippen LogP contribution in [0.2, 0.25) is 0 Å². The fraction of sp³-hybridized carbons (Fsp3) is 0.611. The van der Waals surface area contributed by atoms with E-state index in [9.17, 15) is 4.79 Å². The van der Waals surface area contributed by atoms with E-state index in [2.05, 4.69) is 65.5 Å². The molecule has 0 bridgehead atoms. The van der Waals surface area contributed by atoms with Gasteiger partial charge in [-0.15, -0.1) is 0 Å². The first-order chi connectivity index (χ1) is 10.6. The molecular weight excluding hydrogens is 356 g/mol. The Balaban J connectivity index is 2.52. The van der Waals surface area contributed by atoms with E-state index >= 15 is 0 Å². The Labute approximate surface area is 148 Å². The highest BCUT2D eigenvalue weighted by Gasteiger charge is 2.18. The molecule has 1 unspecified atom stereocenters. The number of halogens is 1. The van der Waals surface area contributed by atoms with Gasteiger partial charge in [0.2, 0.25) is 0 Å². The van der Waals surface area contributed by atoms with Gasteiger partial charge in [-0.1, -0.05) is 41.9 Å². The van der Waals surface area contributed by atoms with Gasteiger partial charge in [0, 0.05) is 23.6 Å². The van der Waals surface area contributed by atoms with Gasteiger partial charge in [-0.25, -0.2) is 4.79 Å². The molecule has 0 aliphatic heterocycles. The van der Waals surface area contributed by atoms with Crippen molar-refractivity contribution in [2.45, 2.75) is 59.7 Å². The van der Waals surface area contributed by atoms with Crippen molar-refractivity contribution >= 4 is 22.0 Å². The zero-order valence-electron chi connectivity index (χ0n) is 15.0. The molecule has 1 amide bonds. The van der Waals surface area contributed by atoms with Gasteiger partial charge in [-0.2, -0.15) is 0 Å². The summed E-state index contributed by atoms with van der Waals surface area (Å²) in [6.45, 7) is 13.3. The SMILES string of the molecule is Cc1cc(CNC(CNC(=O)OC(C)(C)C)C(C)C)ccc1Br. The minimum Gasteiger partial charge on any atom is -0.444 e. The highest BCUT2D eigenvalue weighted by atomic mass is 79.9. The molecule has 5 heteroatoms. The van der Waals surface area contributed by atoms with Crippen LogP contribution in [0.15, 0.2) is 22.7 Å². The summed E-state index contributed by atoms with van der Waals surface area (Å²) in [5.41, 5.74) is 1.98. The maximum Gasteiger partial charge on any atom is 0.407 e. The molecule has 0 spiro atoms. The van der Waals surface area contributed by atoms with Gasteiger partial charge in [-0.05, 0) is 50.8 Å². The van der Waals surface area contributed by atoms with E-state index in [-0.39, 0.29) is 12.1 Å². The molecule has 1 rings (SSSR count). The third kappa shape index (κ3) is 7.84. The molecule has 1 atom stereocenters. The Hall–Kier alpha value is -1.07. The van der Waals surface area contributed by atoms with Crippen LogP contribution in [0, 0.1) is 12.8 Å². The maximum absolute atomic E-state index is 11.8. The lowest BCUT2D eigenvalue weighted by Gasteiger charge is -2.25. The van der Waals surface area contributed by atoms with E-state index in [1.807, 2.05) is 20.8 Å². The quantitative estimate of drug-likeness (QED) is 0.763.